The van der Waals surface area contributed by atoms with Crippen LogP contribution < -0.4 is 5.73 Å². The molecule has 6 nitrogen and oxygen atoms in total. The summed E-state index contributed by atoms with van der Waals surface area (Å²) in [7, 11) is 0. The molecule has 2 N–H and O–H groups in total. The summed E-state index contributed by atoms with van der Waals surface area (Å²) >= 11 is 12.3. The first-order chi connectivity index (χ1) is 13.5. The second kappa shape index (κ2) is 7.14. The second-order valence-corrected chi connectivity index (χ2v) is 6.87. The Morgan fingerprint density at radius 2 is 1.79 bits per heavy atom. The molecule has 2 aromatic carbocycles. The Labute approximate surface area is 170 Å². The van der Waals surface area contributed by atoms with Gasteiger partial charge < -0.3 is 10.5 Å². The zero-order valence-electron chi connectivity index (χ0n) is 14.5. The summed E-state index contributed by atoms with van der Waals surface area (Å²) in [6, 6.07) is 12.3. The number of anilines is 1. The Balaban J connectivity index is 2.08. The number of nitrogen functional groups attached to an aromatic ring is 1. The maximum atomic E-state index is 12.7. The van der Waals surface area contributed by atoms with Crippen molar-refractivity contribution in [2.24, 2.45) is 0 Å². The zero-order valence-corrected chi connectivity index (χ0v) is 16.0. The van der Waals surface area contributed by atoms with E-state index in [0.29, 0.717) is 37.9 Å². The number of hydrogen-bond acceptors (Lipinski definition) is 5. The fourth-order valence-electron chi connectivity index (χ4n) is 3.00. The molecular weight excluding hydrogens is 399 g/mol. The molecule has 0 aliphatic rings. The van der Waals surface area contributed by atoms with Crippen LogP contribution >= 0.6 is 23.2 Å². The van der Waals surface area contributed by atoms with E-state index in [2.05, 4.69) is 16.5 Å². The van der Waals surface area contributed by atoms with Crippen LogP contribution in [-0.4, -0.2) is 27.1 Å². The summed E-state index contributed by atoms with van der Waals surface area (Å²) in [5.74, 6) is -0.475. The van der Waals surface area contributed by atoms with Crippen LogP contribution in [0.25, 0.3) is 27.9 Å². The number of para-hydroxylation sites is 2. The molecule has 0 saturated carbocycles. The largest absolute Gasteiger partial charge is 0.458 e. The Morgan fingerprint density at radius 1 is 1.14 bits per heavy atom. The van der Waals surface area contributed by atoms with Crippen molar-refractivity contribution in [3.05, 3.63) is 70.7 Å². The lowest BCUT2D eigenvalue weighted by molar-refractivity contribution is 0.0553. The Hall–Kier alpha value is -3.09. The summed E-state index contributed by atoms with van der Waals surface area (Å²) < 4.78 is 6.80. The van der Waals surface area contributed by atoms with Crippen LogP contribution in [0, 0.1) is 0 Å². The first-order valence-corrected chi connectivity index (χ1v) is 9.06. The predicted molar refractivity (Wildman–Crippen MR) is 111 cm³/mol. The number of halogens is 2. The molecule has 0 aliphatic heterocycles. The van der Waals surface area contributed by atoms with Crippen LogP contribution in [0.15, 0.2) is 55.1 Å². The quantitative estimate of drug-likeness (QED) is 0.384. The second-order valence-electron chi connectivity index (χ2n) is 5.99. The minimum Gasteiger partial charge on any atom is -0.458 e. The van der Waals surface area contributed by atoms with Gasteiger partial charge in [-0.1, -0.05) is 48.0 Å². The number of hydrogen-bond donors (Lipinski definition) is 1. The van der Waals surface area contributed by atoms with Gasteiger partial charge in [0.2, 0.25) is 0 Å². The highest BCUT2D eigenvalue weighted by atomic mass is 35.5. The van der Waals surface area contributed by atoms with Crippen LogP contribution in [-0.2, 0) is 4.74 Å². The highest BCUT2D eigenvalue weighted by Gasteiger charge is 2.26. The monoisotopic (exact) mass is 412 g/mol. The summed E-state index contributed by atoms with van der Waals surface area (Å²) in [6.45, 7) is 3.60. The number of carbonyl (C=O) groups is 1. The van der Waals surface area contributed by atoms with Gasteiger partial charge in [-0.3, -0.25) is 4.57 Å². The third-order valence-corrected chi connectivity index (χ3v) is 4.58. The highest BCUT2D eigenvalue weighted by molar-refractivity contribution is 6.35. The summed E-state index contributed by atoms with van der Waals surface area (Å²) in [6.07, 6.45) is 1.48. The fraction of sp³-hybridized carbons (Fsp3) is 0.0500. The number of benzene rings is 2. The molecular formula is C20H14Cl2N4O2. The lowest BCUT2D eigenvalue weighted by Crippen LogP contribution is -2.09. The number of aromatic nitrogens is 3. The normalized spacial score (nSPS) is 11.1. The van der Waals surface area contributed by atoms with Gasteiger partial charge in [0, 0.05) is 10.0 Å². The maximum absolute atomic E-state index is 12.7. The van der Waals surface area contributed by atoms with Crippen molar-refractivity contribution in [2.75, 3.05) is 12.3 Å². The first-order valence-electron chi connectivity index (χ1n) is 8.30. The van der Waals surface area contributed by atoms with Gasteiger partial charge in [-0.05, 0) is 30.3 Å². The molecule has 4 aromatic rings. The van der Waals surface area contributed by atoms with E-state index in [1.165, 1.54) is 6.08 Å². The van der Waals surface area contributed by atoms with Crippen molar-refractivity contribution < 1.29 is 9.53 Å². The SMILES string of the molecule is C=CCOC(=O)c1c(N)n(-c2cc(Cl)cc(Cl)c2)c2nc3ccccc3nc12. The topological polar surface area (TPSA) is 83.0 Å². The lowest BCUT2D eigenvalue weighted by Gasteiger charge is -2.09. The van der Waals surface area contributed by atoms with E-state index in [9.17, 15) is 4.79 Å². The molecule has 0 unspecified atom stereocenters. The lowest BCUT2D eigenvalue weighted by atomic mass is 10.2. The number of rotatable bonds is 4. The predicted octanol–water partition coefficient (Wildman–Crippen LogP) is 4.81. The molecule has 0 spiro atoms. The van der Waals surface area contributed by atoms with Gasteiger partial charge in [-0.15, -0.1) is 0 Å². The molecule has 8 heteroatoms. The van der Waals surface area contributed by atoms with Crippen molar-refractivity contribution in [3.8, 4) is 5.69 Å². The Morgan fingerprint density at radius 3 is 2.43 bits per heavy atom. The molecule has 0 bridgehead atoms. The van der Waals surface area contributed by atoms with E-state index in [-0.39, 0.29) is 18.0 Å². The summed E-state index contributed by atoms with van der Waals surface area (Å²) in [4.78, 5) is 21.9. The molecule has 0 fully saturated rings. The van der Waals surface area contributed by atoms with Crippen molar-refractivity contribution in [1.82, 2.24) is 14.5 Å². The van der Waals surface area contributed by atoms with Crippen molar-refractivity contribution in [3.63, 3.8) is 0 Å². The van der Waals surface area contributed by atoms with Crippen molar-refractivity contribution in [2.45, 2.75) is 0 Å². The van der Waals surface area contributed by atoms with Gasteiger partial charge in [-0.2, -0.15) is 0 Å². The minimum atomic E-state index is -0.612. The van der Waals surface area contributed by atoms with Gasteiger partial charge in [0.15, 0.2) is 5.65 Å². The smallest absolute Gasteiger partial charge is 0.344 e. The van der Waals surface area contributed by atoms with Gasteiger partial charge in [-0.25, -0.2) is 14.8 Å². The molecule has 28 heavy (non-hydrogen) atoms. The number of ether oxygens (including phenoxy) is 1. The molecule has 0 radical (unpaired) electrons. The number of esters is 1. The molecule has 4 rings (SSSR count). The average Bonchev–Trinajstić information content (AvgIpc) is 2.94. The molecule has 0 atom stereocenters. The molecule has 0 saturated heterocycles. The maximum Gasteiger partial charge on any atom is 0.344 e. The van der Waals surface area contributed by atoms with E-state index >= 15 is 0 Å². The van der Waals surface area contributed by atoms with Crippen LogP contribution in [0.4, 0.5) is 5.82 Å². The van der Waals surface area contributed by atoms with Crippen LogP contribution in [0.2, 0.25) is 10.0 Å². The molecule has 0 aliphatic carbocycles. The highest BCUT2D eigenvalue weighted by Crippen LogP contribution is 2.33. The fourth-order valence-corrected chi connectivity index (χ4v) is 3.51. The van der Waals surface area contributed by atoms with Crippen LogP contribution in [0.1, 0.15) is 10.4 Å². The first kappa shape index (κ1) is 18.3. The van der Waals surface area contributed by atoms with Crippen LogP contribution in [0.5, 0.6) is 0 Å². The summed E-state index contributed by atoms with van der Waals surface area (Å²) in [5.41, 5.74) is 9.08. The van der Waals surface area contributed by atoms with Crippen molar-refractivity contribution >= 4 is 57.2 Å². The molecule has 2 heterocycles. The van der Waals surface area contributed by atoms with Gasteiger partial charge in [0.1, 0.15) is 23.5 Å². The molecule has 140 valence electrons. The molecule has 0 amide bonds. The van der Waals surface area contributed by atoms with E-state index < -0.39 is 5.97 Å². The van der Waals surface area contributed by atoms with Crippen LogP contribution in [0.3, 0.4) is 0 Å². The third kappa shape index (κ3) is 3.06. The third-order valence-electron chi connectivity index (χ3n) is 4.14. The Bertz CT molecular complexity index is 1230. The van der Waals surface area contributed by atoms with E-state index in [1.54, 1.807) is 22.8 Å². The number of fused-ring (bicyclic) bond motifs is 2. The van der Waals surface area contributed by atoms with Gasteiger partial charge in [0.05, 0.1) is 16.7 Å². The Kier molecular flexibility index (Phi) is 4.66. The summed E-state index contributed by atoms with van der Waals surface area (Å²) in [5, 5.41) is 0.849. The number of nitrogens with zero attached hydrogens (tertiary/aromatic N) is 3. The van der Waals surface area contributed by atoms with Gasteiger partial charge in [0.25, 0.3) is 0 Å². The average molecular weight is 413 g/mol. The van der Waals surface area contributed by atoms with E-state index in [1.807, 2.05) is 24.3 Å². The minimum absolute atomic E-state index is 0.0505. The standard InChI is InChI=1S/C20H14Cl2N4O2/c1-2-7-28-20(27)16-17-19(25-15-6-4-3-5-14(15)24-17)26(18(16)23)13-9-11(21)8-12(22)10-13/h2-6,8-10H,1,7,23H2. The van der Waals surface area contributed by atoms with Crippen molar-refractivity contribution in [1.29, 1.82) is 0 Å². The number of nitrogens with two attached hydrogens (primary N) is 1. The number of carbonyl (C=O) groups excluding carboxylic acids is 1. The zero-order chi connectivity index (χ0) is 19.8. The van der Waals surface area contributed by atoms with E-state index in [0.717, 1.165) is 0 Å². The van der Waals surface area contributed by atoms with E-state index in [4.69, 9.17) is 33.7 Å². The molecule has 2 aromatic heterocycles. The van der Waals surface area contributed by atoms with Gasteiger partial charge >= 0.3 is 5.97 Å².